The molecule has 2 aliphatic rings. The van der Waals surface area contributed by atoms with Crippen LogP contribution in [0.1, 0.15) is 38.2 Å². The largest absolute Gasteiger partial charge is 0.469 e. The highest BCUT2D eigenvalue weighted by Gasteiger charge is 2.66. The van der Waals surface area contributed by atoms with Crippen molar-refractivity contribution < 1.29 is 33.8 Å². The number of benzene rings is 2. The molecular weight excluding hydrogens is 516 g/mol. The average Bonchev–Trinajstić information content (AvgIpc) is 3.34. The van der Waals surface area contributed by atoms with Crippen LogP contribution < -0.4 is 9.80 Å². The number of fused-ring (bicyclic) bond motifs is 2. The first-order chi connectivity index (χ1) is 18.6. The van der Waals surface area contributed by atoms with Crippen LogP contribution in [0, 0.1) is 5.92 Å². The summed E-state index contributed by atoms with van der Waals surface area (Å²) < 4.78 is 11.4. The third kappa shape index (κ3) is 5.26. The number of rotatable bonds is 11. The van der Waals surface area contributed by atoms with Gasteiger partial charge in [-0.05, 0) is 62.7 Å². The van der Waals surface area contributed by atoms with E-state index in [1.165, 1.54) is 12.0 Å². The molecule has 0 saturated carbocycles. The van der Waals surface area contributed by atoms with E-state index in [4.69, 9.17) is 9.47 Å². The molecule has 2 aromatic carbocycles. The fourth-order valence-corrected chi connectivity index (χ4v) is 8.94. The molecule has 10 heteroatoms. The standard InChI is InChI=1S/C29H38N2O7Si/c1-20-27(39(3,4)36)25(15-17-32)38-29(20)23-18-22(31(19-33)21-10-6-5-7-11-21)13-14-24(23)30(28(29)35)16-9-8-12-26(34)37-2/h5-7,10-11,13-14,18-20,25,27,32,36H,8-9,12,15-17H2,1-4H3/t20-,25+,27-,29+/m1/s1. The molecule has 0 aliphatic carbocycles. The zero-order valence-electron chi connectivity index (χ0n) is 23.0. The number of hydrogen-bond acceptors (Lipinski definition) is 7. The summed E-state index contributed by atoms with van der Waals surface area (Å²) >= 11 is 0. The number of ether oxygens (including phenoxy) is 2. The van der Waals surface area contributed by atoms with Crippen molar-refractivity contribution in [2.24, 2.45) is 5.92 Å². The SMILES string of the molecule is COC(=O)CCCCN1C(=O)[C@@]2(O[C@@H](CCO)[C@H]([Si](C)(C)O)[C@H]2C)c2cc(N(C=O)c3ccccc3)ccc21. The molecule has 2 aromatic rings. The minimum Gasteiger partial charge on any atom is -0.469 e. The Labute approximate surface area is 230 Å². The summed E-state index contributed by atoms with van der Waals surface area (Å²) in [6.07, 6.45) is 1.96. The van der Waals surface area contributed by atoms with Gasteiger partial charge in [-0.3, -0.25) is 19.3 Å². The van der Waals surface area contributed by atoms with E-state index in [9.17, 15) is 24.3 Å². The summed E-state index contributed by atoms with van der Waals surface area (Å²) in [6, 6.07) is 14.7. The highest BCUT2D eigenvalue weighted by atomic mass is 28.4. The van der Waals surface area contributed by atoms with Crippen molar-refractivity contribution >= 4 is 43.7 Å². The fraction of sp³-hybridized carbons (Fsp3) is 0.483. The van der Waals surface area contributed by atoms with Crippen LogP contribution >= 0.6 is 0 Å². The number of methoxy groups -OCH3 is 1. The number of anilines is 3. The third-order valence-electron chi connectivity index (χ3n) is 8.04. The minimum atomic E-state index is -2.82. The third-order valence-corrected chi connectivity index (χ3v) is 10.5. The van der Waals surface area contributed by atoms with Crippen molar-refractivity contribution in [3.63, 3.8) is 0 Å². The van der Waals surface area contributed by atoms with Crippen LogP contribution in [0.2, 0.25) is 18.6 Å². The van der Waals surface area contributed by atoms with E-state index in [0.29, 0.717) is 48.4 Å². The van der Waals surface area contributed by atoms with Gasteiger partial charge in [0.15, 0.2) is 13.9 Å². The van der Waals surface area contributed by atoms with Crippen LogP contribution in [0.15, 0.2) is 48.5 Å². The van der Waals surface area contributed by atoms with Crippen LogP contribution in [0.5, 0.6) is 0 Å². The lowest BCUT2D eigenvalue weighted by Crippen LogP contribution is -2.46. The summed E-state index contributed by atoms with van der Waals surface area (Å²) in [5.74, 6) is -0.887. The van der Waals surface area contributed by atoms with Crippen LogP contribution in [0.25, 0.3) is 0 Å². The lowest BCUT2D eigenvalue weighted by molar-refractivity contribution is -0.146. The molecule has 0 aromatic heterocycles. The van der Waals surface area contributed by atoms with Gasteiger partial charge in [-0.1, -0.05) is 25.1 Å². The fourth-order valence-electron chi connectivity index (χ4n) is 6.34. The molecule has 2 amide bonds. The molecule has 210 valence electrons. The minimum absolute atomic E-state index is 0.125. The molecule has 2 aliphatic heterocycles. The first-order valence-corrected chi connectivity index (χ1v) is 16.5. The normalized spacial score (nSPS) is 24.2. The molecule has 4 rings (SSSR count). The highest BCUT2D eigenvalue weighted by Crippen LogP contribution is 2.60. The summed E-state index contributed by atoms with van der Waals surface area (Å²) in [5, 5.41) is 9.80. The summed E-state index contributed by atoms with van der Waals surface area (Å²) in [7, 11) is -1.47. The first kappa shape index (κ1) is 28.9. The number of hydrogen-bond donors (Lipinski definition) is 2. The Bertz CT molecular complexity index is 1200. The zero-order valence-corrected chi connectivity index (χ0v) is 24.0. The Balaban J connectivity index is 1.79. The Morgan fingerprint density at radius 3 is 2.51 bits per heavy atom. The number of aliphatic hydroxyl groups is 1. The van der Waals surface area contributed by atoms with Crippen LogP contribution in [-0.2, 0) is 29.5 Å². The lowest BCUT2D eigenvalue weighted by atomic mass is 9.82. The van der Waals surface area contributed by atoms with E-state index >= 15 is 0 Å². The van der Waals surface area contributed by atoms with Crippen molar-refractivity contribution in [2.45, 2.75) is 62.9 Å². The van der Waals surface area contributed by atoms with Crippen molar-refractivity contribution in [1.82, 2.24) is 0 Å². The molecule has 0 unspecified atom stereocenters. The van der Waals surface area contributed by atoms with Gasteiger partial charge in [0.25, 0.3) is 5.91 Å². The number of esters is 1. The second-order valence-electron chi connectivity index (χ2n) is 10.9. The number of amides is 2. The van der Waals surface area contributed by atoms with E-state index in [-0.39, 0.29) is 36.4 Å². The Hall–Kier alpha value is -3.05. The number of para-hydroxylation sites is 1. The van der Waals surface area contributed by atoms with Gasteiger partial charge in [0.2, 0.25) is 6.41 Å². The number of carbonyl (C=O) groups is 3. The second kappa shape index (κ2) is 11.6. The molecular formula is C29H38N2O7Si. The van der Waals surface area contributed by atoms with Gasteiger partial charge in [-0.15, -0.1) is 0 Å². The predicted molar refractivity (Wildman–Crippen MR) is 150 cm³/mol. The van der Waals surface area contributed by atoms with Gasteiger partial charge in [-0.2, -0.15) is 0 Å². The van der Waals surface area contributed by atoms with Gasteiger partial charge in [0, 0.05) is 48.0 Å². The molecule has 2 N–H and O–H groups in total. The van der Waals surface area contributed by atoms with Crippen molar-refractivity contribution in [3.05, 3.63) is 54.1 Å². The van der Waals surface area contributed by atoms with Crippen molar-refractivity contribution in [2.75, 3.05) is 30.1 Å². The molecule has 1 fully saturated rings. The topological polar surface area (TPSA) is 117 Å². The highest BCUT2D eigenvalue weighted by molar-refractivity contribution is 6.71. The summed E-state index contributed by atoms with van der Waals surface area (Å²) in [5.41, 5.74) is 0.959. The van der Waals surface area contributed by atoms with Gasteiger partial charge >= 0.3 is 5.97 Å². The van der Waals surface area contributed by atoms with Crippen LogP contribution in [0.3, 0.4) is 0 Å². The van der Waals surface area contributed by atoms with Gasteiger partial charge in [0.1, 0.15) is 0 Å². The van der Waals surface area contributed by atoms with E-state index in [2.05, 4.69) is 0 Å². The number of nitrogens with zero attached hydrogens (tertiary/aromatic N) is 2. The smallest absolute Gasteiger partial charge is 0.305 e. The van der Waals surface area contributed by atoms with Crippen molar-refractivity contribution in [3.8, 4) is 0 Å². The predicted octanol–water partition coefficient (Wildman–Crippen LogP) is 3.85. The molecule has 0 bridgehead atoms. The quantitative estimate of drug-likeness (QED) is 0.188. The lowest BCUT2D eigenvalue weighted by Gasteiger charge is -2.32. The number of aliphatic hydroxyl groups excluding tert-OH is 1. The average molecular weight is 555 g/mol. The molecule has 4 atom stereocenters. The Morgan fingerprint density at radius 1 is 1.18 bits per heavy atom. The Morgan fingerprint density at radius 2 is 1.90 bits per heavy atom. The van der Waals surface area contributed by atoms with Crippen molar-refractivity contribution in [1.29, 1.82) is 0 Å². The monoisotopic (exact) mass is 554 g/mol. The maximum Gasteiger partial charge on any atom is 0.305 e. The molecule has 2 heterocycles. The van der Waals surface area contributed by atoms with Gasteiger partial charge in [0.05, 0.1) is 18.9 Å². The maximum atomic E-state index is 14.3. The summed E-state index contributed by atoms with van der Waals surface area (Å²) in [6.45, 7) is 5.87. The molecule has 9 nitrogen and oxygen atoms in total. The van der Waals surface area contributed by atoms with Crippen LogP contribution in [-0.4, -0.2) is 62.9 Å². The Kier molecular flexibility index (Phi) is 8.60. The maximum absolute atomic E-state index is 14.3. The van der Waals surface area contributed by atoms with Gasteiger partial charge in [-0.25, -0.2) is 0 Å². The summed E-state index contributed by atoms with van der Waals surface area (Å²) in [4.78, 5) is 52.6. The number of unbranched alkanes of at least 4 members (excludes halogenated alkanes) is 1. The second-order valence-corrected chi connectivity index (χ2v) is 14.8. The molecule has 39 heavy (non-hydrogen) atoms. The van der Waals surface area contributed by atoms with Gasteiger partial charge < -0.3 is 24.3 Å². The van der Waals surface area contributed by atoms with E-state index in [1.807, 2.05) is 62.5 Å². The van der Waals surface area contributed by atoms with Crippen LogP contribution in [0.4, 0.5) is 17.1 Å². The molecule has 0 radical (unpaired) electrons. The van der Waals surface area contributed by atoms with E-state index in [0.717, 1.165) is 6.41 Å². The number of carbonyl (C=O) groups excluding carboxylic acids is 3. The zero-order chi connectivity index (χ0) is 28.4. The molecule has 1 saturated heterocycles. The molecule has 1 spiro atoms. The first-order valence-electron chi connectivity index (χ1n) is 13.4. The van der Waals surface area contributed by atoms with E-state index in [1.54, 1.807) is 11.0 Å². The van der Waals surface area contributed by atoms with E-state index < -0.39 is 20.0 Å².